The van der Waals surface area contributed by atoms with Crippen LogP contribution in [0.4, 0.5) is 4.39 Å². The van der Waals surface area contributed by atoms with Gasteiger partial charge in [-0.15, -0.1) is 0 Å². The second kappa shape index (κ2) is 6.77. The first-order valence-corrected chi connectivity index (χ1v) is 6.94. The van der Waals surface area contributed by atoms with Crippen molar-refractivity contribution in [2.45, 2.75) is 13.0 Å². The average Bonchev–Trinajstić information content (AvgIpc) is 2.35. The van der Waals surface area contributed by atoms with Gasteiger partial charge in [-0.25, -0.2) is 4.39 Å². The van der Waals surface area contributed by atoms with Gasteiger partial charge in [0.25, 0.3) is 0 Å². The van der Waals surface area contributed by atoms with E-state index in [2.05, 4.69) is 0 Å². The van der Waals surface area contributed by atoms with E-state index in [1.54, 1.807) is 11.8 Å². The summed E-state index contributed by atoms with van der Waals surface area (Å²) in [5.41, 5.74) is 0.565. The summed E-state index contributed by atoms with van der Waals surface area (Å²) in [6.45, 7) is 2.75. The number of hydrogen-bond acceptors (Lipinski definition) is 3. The number of rotatable bonds is 6. The molecule has 1 atom stereocenters. The summed E-state index contributed by atoms with van der Waals surface area (Å²) in [6, 6.07) is 5.55. The highest BCUT2D eigenvalue weighted by atomic mass is 32.2. The van der Waals surface area contributed by atoms with Gasteiger partial charge in [-0.3, -0.25) is 9.69 Å². The van der Waals surface area contributed by atoms with Gasteiger partial charge >= 0.3 is 0 Å². The molecule has 4 heteroatoms. The minimum atomic E-state index is -0.315. The van der Waals surface area contributed by atoms with Crippen molar-refractivity contribution < 1.29 is 9.18 Å². The zero-order valence-corrected chi connectivity index (χ0v) is 11.3. The summed E-state index contributed by atoms with van der Waals surface area (Å²) < 4.78 is 12.8. The number of nitrogens with zero attached hydrogens (tertiary/aromatic N) is 1. The Labute approximate surface area is 106 Å². The van der Waals surface area contributed by atoms with Gasteiger partial charge in [0.05, 0.1) is 6.04 Å². The van der Waals surface area contributed by atoms with E-state index in [1.807, 2.05) is 25.1 Å². The molecule has 0 radical (unpaired) electrons. The minimum absolute atomic E-state index is 0.0357. The van der Waals surface area contributed by atoms with Crippen molar-refractivity contribution in [1.29, 1.82) is 0 Å². The molecule has 0 aliphatic carbocycles. The van der Waals surface area contributed by atoms with Crippen molar-refractivity contribution in [1.82, 2.24) is 4.90 Å². The largest absolute Gasteiger partial charge is 0.296 e. The van der Waals surface area contributed by atoms with Crippen LogP contribution < -0.4 is 0 Å². The van der Waals surface area contributed by atoms with E-state index in [4.69, 9.17) is 0 Å². The Hall–Kier alpha value is -0.870. The fourth-order valence-electron chi connectivity index (χ4n) is 1.48. The topological polar surface area (TPSA) is 20.3 Å². The maximum Gasteiger partial charge on any atom is 0.179 e. The Bertz CT molecular complexity index is 366. The first-order chi connectivity index (χ1) is 8.06. The number of hydrogen-bond donors (Lipinski definition) is 0. The van der Waals surface area contributed by atoms with Crippen LogP contribution in [-0.4, -0.2) is 42.3 Å². The first kappa shape index (κ1) is 14.2. The van der Waals surface area contributed by atoms with Crippen molar-refractivity contribution in [2.75, 3.05) is 25.6 Å². The Morgan fingerprint density at radius 2 is 2.00 bits per heavy atom. The van der Waals surface area contributed by atoms with E-state index >= 15 is 0 Å². The molecule has 1 aromatic rings. The van der Waals surface area contributed by atoms with Gasteiger partial charge < -0.3 is 0 Å². The second-order valence-corrected chi connectivity index (χ2v) is 5.01. The second-order valence-electron chi connectivity index (χ2n) is 4.02. The number of ketones is 1. The number of thioether (sulfide) groups is 1. The van der Waals surface area contributed by atoms with Crippen molar-refractivity contribution in [2.24, 2.45) is 0 Å². The summed E-state index contributed by atoms with van der Waals surface area (Å²) in [4.78, 5) is 14.1. The van der Waals surface area contributed by atoms with E-state index < -0.39 is 0 Å². The summed E-state index contributed by atoms with van der Waals surface area (Å²) in [5, 5.41) is 0. The van der Waals surface area contributed by atoms with Crippen LogP contribution in [0.25, 0.3) is 0 Å². The van der Waals surface area contributed by atoms with Gasteiger partial charge in [0.1, 0.15) is 5.82 Å². The van der Waals surface area contributed by atoms with Crippen LogP contribution >= 0.6 is 11.8 Å². The predicted octanol–water partition coefficient (Wildman–Crippen LogP) is 2.69. The van der Waals surface area contributed by atoms with E-state index in [1.165, 1.54) is 24.3 Å². The van der Waals surface area contributed by atoms with Crippen LogP contribution in [0.15, 0.2) is 24.3 Å². The number of halogens is 1. The van der Waals surface area contributed by atoms with E-state index in [0.29, 0.717) is 5.56 Å². The van der Waals surface area contributed by atoms with Crippen molar-refractivity contribution in [3.8, 4) is 0 Å². The lowest BCUT2D eigenvalue weighted by atomic mass is 10.0. The lowest BCUT2D eigenvalue weighted by Crippen LogP contribution is -2.37. The number of carbonyl (C=O) groups excluding carboxylic acids is 1. The molecule has 0 heterocycles. The van der Waals surface area contributed by atoms with Crippen LogP contribution in [0.3, 0.4) is 0 Å². The standard InChI is InChI=1S/C13H18FNOS/c1-10(15(2)8-9-17-3)13(16)11-4-6-12(14)7-5-11/h4-7,10H,8-9H2,1-3H3. The van der Waals surface area contributed by atoms with E-state index in [0.717, 1.165) is 12.3 Å². The van der Waals surface area contributed by atoms with Gasteiger partial charge in [-0.05, 0) is 44.5 Å². The summed E-state index contributed by atoms with van der Waals surface area (Å²) in [6.07, 6.45) is 2.04. The number of Topliss-reactive ketones (excluding diaryl/α,β-unsaturated/α-hetero) is 1. The highest BCUT2D eigenvalue weighted by Crippen LogP contribution is 2.09. The normalized spacial score (nSPS) is 12.8. The molecule has 1 unspecified atom stereocenters. The highest BCUT2D eigenvalue weighted by Gasteiger charge is 2.18. The minimum Gasteiger partial charge on any atom is -0.296 e. The third-order valence-electron chi connectivity index (χ3n) is 2.82. The van der Waals surface area contributed by atoms with Gasteiger partial charge in [-0.1, -0.05) is 0 Å². The molecule has 1 rings (SSSR count). The van der Waals surface area contributed by atoms with Gasteiger partial charge in [-0.2, -0.15) is 11.8 Å². The monoisotopic (exact) mass is 255 g/mol. The average molecular weight is 255 g/mol. The maximum absolute atomic E-state index is 12.8. The molecule has 0 aliphatic rings. The molecule has 1 aromatic carbocycles. The van der Waals surface area contributed by atoms with Crippen LogP contribution in [0.1, 0.15) is 17.3 Å². The fourth-order valence-corrected chi connectivity index (χ4v) is 1.96. The van der Waals surface area contributed by atoms with Crippen molar-refractivity contribution >= 4 is 17.5 Å². The van der Waals surface area contributed by atoms with Crippen LogP contribution in [0.5, 0.6) is 0 Å². The van der Waals surface area contributed by atoms with Gasteiger partial charge in [0.2, 0.25) is 0 Å². The first-order valence-electron chi connectivity index (χ1n) is 5.55. The molecule has 0 amide bonds. The molecular weight excluding hydrogens is 237 g/mol. The molecule has 0 bridgehead atoms. The van der Waals surface area contributed by atoms with Crippen molar-refractivity contribution in [3.05, 3.63) is 35.6 Å². The molecule has 0 N–H and O–H groups in total. The zero-order chi connectivity index (χ0) is 12.8. The molecule has 2 nitrogen and oxygen atoms in total. The predicted molar refractivity (Wildman–Crippen MR) is 71.2 cm³/mol. The van der Waals surface area contributed by atoms with Crippen molar-refractivity contribution in [3.63, 3.8) is 0 Å². The molecular formula is C13H18FNOS. The smallest absolute Gasteiger partial charge is 0.179 e. The zero-order valence-electron chi connectivity index (χ0n) is 10.4. The molecule has 0 aliphatic heterocycles. The maximum atomic E-state index is 12.8. The lowest BCUT2D eigenvalue weighted by Gasteiger charge is -2.23. The third-order valence-corrected chi connectivity index (χ3v) is 3.41. The van der Waals surface area contributed by atoms with Crippen LogP contribution in [-0.2, 0) is 0 Å². The van der Waals surface area contributed by atoms with E-state index in [9.17, 15) is 9.18 Å². The molecule has 0 aromatic heterocycles. The fraction of sp³-hybridized carbons (Fsp3) is 0.462. The number of benzene rings is 1. The Kier molecular flexibility index (Phi) is 5.65. The molecule has 0 saturated carbocycles. The Morgan fingerprint density at radius 3 is 2.53 bits per heavy atom. The molecule has 17 heavy (non-hydrogen) atoms. The highest BCUT2D eigenvalue weighted by molar-refractivity contribution is 7.98. The molecule has 94 valence electrons. The third kappa shape index (κ3) is 4.13. The van der Waals surface area contributed by atoms with E-state index in [-0.39, 0.29) is 17.6 Å². The molecule has 0 fully saturated rings. The van der Waals surface area contributed by atoms with Gasteiger partial charge in [0.15, 0.2) is 5.78 Å². The summed E-state index contributed by atoms with van der Waals surface area (Å²) >= 11 is 1.75. The van der Waals surface area contributed by atoms with Gasteiger partial charge in [0, 0.05) is 17.9 Å². The summed E-state index contributed by atoms with van der Waals surface area (Å²) in [7, 11) is 1.93. The quantitative estimate of drug-likeness (QED) is 0.729. The SMILES string of the molecule is CSCCN(C)C(C)C(=O)c1ccc(F)cc1. The number of likely N-dealkylation sites (N-methyl/N-ethyl adjacent to an activating group) is 1. The number of carbonyl (C=O) groups is 1. The molecule has 0 saturated heterocycles. The van der Waals surface area contributed by atoms with Crippen LogP contribution in [0, 0.1) is 5.82 Å². The van der Waals surface area contributed by atoms with Crippen LogP contribution in [0.2, 0.25) is 0 Å². The Morgan fingerprint density at radius 1 is 1.41 bits per heavy atom. The molecule has 0 spiro atoms. The Balaban J connectivity index is 2.65. The lowest BCUT2D eigenvalue weighted by molar-refractivity contribution is 0.0875. The summed E-state index contributed by atoms with van der Waals surface area (Å²) in [5.74, 6) is 0.718.